The van der Waals surface area contributed by atoms with Crippen LogP contribution in [0.1, 0.15) is 61.1 Å². The van der Waals surface area contributed by atoms with Crippen LogP contribution in [0.15, 0.2) is 122 Å². The monoisotopic (exact) mass is 1030 g/mol. The van der Waals surface area contributed by atoms with Crippen molar-refractivity contribution < 1.29 is 81.9 Å². The van der Waals surface area contributed by atoms with Crippen molar-refractivity contribution in [2.75, 3.05) is 47.5 Å². The van der Waals surface area contributed by atoms with Crippen LogP contribution in [0.25, 0.3) is 0 Å². The molecule has 4 atom stereocenters. The fourth-order valence-electron chi connectivity index (χ4n) is 9.14. The summed E-state index contributed by atoms with van der Waals surface area (Å²) in [4.78, 5) is 86.1. The Kier molecular flexibility index (Phi) is 23.8. The first kappa shape index (κ1) is 61.8. The van der Waals surface area contributed by atoms with Crippen LogP contribution in [0.4, 0.5) is 19.2 Å². The molecule has 2 unspecified atom stereocenters. The van der Waals surface area contributed by atoms with Crippen molar-refractivity contribution in [3.05, 3.63) is 156 Å². The molecular formula is C55H69LiN6O13. The number of rotatable bonds is 14. The van der Waals surface area contributed by atoms with Crippen molar-refractivity contribution in [2.45, 2.75) is 91.3 Å². The molecule has 75 heavy (non-hydrogen) atoms. The minimum atomic E-state index is -1.13. The Labute approximate surface area is 451 Å². The Morgan fingerprint density at radius 3 is 1.25 bits per heavy atom. The van der Waals surface area contributed by atoms with Gasteiger partial charge in [0, 0.05) is 65.2 Å². The summed E-state index contributed by atoms with van der Waals surface area (Å²) in [6.07, 6.45) is 1.14. The molecule has 19 nitrogen and oxygen atoms in total. The van der Waals surface area contributed by atoms with Crippen LogP contribution in [0, 0.1) is 0 Å². The first-order chi connectivity index (χ1) is 34.3. The number of fused-ring (bicyclic) bond motifs is 2. The van der Waals surface area contributed by atoms with Crippen molar-refractivity contribution >= 4 is 36.2 Å². The Morgan fingerprint density at radius 1 is 0.587 bits per heavy atom. The van der Waals surface area contributed by atoms with Crippen molar-refractivity contribution in [1.82, 2.24) is 29.4 Å². The number of amides is 6. The van der Waals surface area contributed by atoms with Crippen molar-refractivity contribution in [1.29, 1.82) is 0 Å². The predicted octanol–water partition coefficient (Wildman–Crippen LogP) is 5.15. The summed E-state index contributed by atoms with van der Waals surface area (Å²) in [6, 6.07) is 27.6. The number of nitrogens with zero attached hydrogens (tertiary/aromatic N) is 6. The summed E-state index contributed by atoms with van der Waals surface area (Å²) in [5.41, 5.74) is 6.07. The van der Waals surface area contributed by atoms with E-state index >= 15 is 0 Å². The van der Waals surface area contributed by atoms with Gasteiger partial charge in [0.2, 0.25) is 0 Å². The largest absolute Gasteiger partial charge is 1.00 e. The van der Waals surface area contributed by atoms with E-state index in [0.29, 0.717) is 38.5 Å². The van der Waals surface area contributed by atoms with Gasteiger partial charge in [-0.1, -0.05) is 99.8 Å². The molecular weight excluding hydrogens is 960 g/mol. The van der Waals surface area contributed by atoms with E-state index < -0.39 is 54.4 Å². The first-order valence-electron chi connectivity index (χ1n) is 23.3. The molecule has 0 saturated carbocycles. The standard InChI is InChI=1S/C27H31N3O6.C26H29N3O6.2CH4.Li.H2O/c1-4-13-28(15-19-9-11-22(34-2)12-10-19)26(32)30-18-23(14-24(30)25(31)35-3)36-27(33)29-16-20-7-5-6-8-21(20)17-29;1-3-12-27(14-18-8-10-21(34-2)11-9-18)25(32)29-17-22(13-23(29)24(30)31)35-26(33)28-15-19-6-4-5-7-20(19)16-28;;;;/h4-12,23-24H,1,13-18H2,2-3H3;3-11,22-23H,1,12-17H2,2H3,(H,30,31);2*1H4;;1H2/q;;;;+1;/p-1/t23?,24-;22?,23-;;;;/m00..../s1. The smallest absolute Gasteiger partial charge is 0.870 e. The van der Waals surface area contributed by atoms with Crippen LogP contribution in [0.5, 0.6) is 11.5 Å². The normalized spacial score (nSPS) is 17.5. The zero-order chi connectivity index (χ0) is 50.6. The molecule has 398 valence electrons. The molecule has 0 radical (unpaired) electrons. The van der Waals surface area contributed by atoms with Gasteiger partial charge in [0.15, 0.2) is 0 Å². The number of carbonyl (C=O) groups excluding carboxylic acids is 5. The summed E-state index contributed by atoms with van der Waals surface area (Å²) in [7, 11) is 4.45. The minimum absolute atomic E-state index is 0. The van der Waals surface area contributed by atoms with Crippen LogP contribution in [0.3, 0.4) is 0 Å². The van der Waals surface area contributed by atoms with Gasteiger partial charge in [-0.2, -0.15) is 0 Å². The third-order valence-electron chi connectivity index (χ3n) is 12.8. The molecule has 8 rings (SSSR count). The number of carbonyl (C=O) groups is 6. The number of esters is 1. The van der Waals surface area contributed by atoms with Gasteiger partial charge >= 0.3 is 55.0 Å². The average Bonchev–Trinajstić information content (AvgIpc) is 4.21. The van der Waals surface area contributed by atoms with Gasteiger partial charge in [0.1, 0.15) is 35.8 Å². The number of carboxylic acid groups (broad SMARTS) is 1. The fourth-order valence-corrected chi connectivity index (χ4v) is 9.14. The van der Waals surface area contributed by atoms with Crippen LogP contribution < -0.4 is 28.3 Å². The summed E-state index contributed by atoms with van der Waals surface area (Å²) in [6.45, 7) is 10.5. The topological polar surface area (TPSA) is 218 Å². The van der Waals surface area contributed by atoms with Gasteiger partial charge in [-0.05, 0) is 57.6 Å². The maximum Gasteiger partial charge on any atom is 1.00 e. The summed E-state index contributed by atoms with van der Waals surface area (Å²) in [5.74, 6) is -0.255. The van der Waals surface area contributed by atoms with Gasteiger partial charge in [0.25, 0.3) is 0 Å². The molecule has 0 aromatic heterocycles. The second-order valence-corrected chi connectivity index (χ2v) is 17.5. The van der Waals surface area contributed by atoms with Gasteiger partial charge in [-0.3, -0.25) is 9.80 Å². The number of aliphatic carboxylic acids is 1. The number of hydrogen-bond acceptors (Lipinski definition) is 12. The molecule has 2 saturated heterocycles. The van der Waals surface area contributed by atoms with Gasteiger partial charge in [0.05, 0.1) is 34.4 Å². The Morgan fingerprint density at radius 2 is 0.933 bits per heavy atom. The first-order valence-corrected chi connectivity index (χ1v) is 23.3. The molecule has 2 N–H and O–H groups in total. The van der Waals surface area contributed by atoms with Crippen LogP contribution >= 0.6 is 0 Å². The van der Waals surface area contributed by atoms with Crippen LogP contribution in [-0.2, 0) is 63.1 Å². The molecule has 4 aliphatic heterocycles. The molecule has 0 spiro atoms. The zero-order valence-corrected chi connectivity index (χ0v) is 41.7. The number of urea groups is 2. The molecule has 0 bridgehead atoms. The average molecular weight is 1030 g/mol. The maximum atomic E-state index is 13.6. The number of carboxylic acids is 1. The molecule has 4 aromatic carbocycles. The number of hydrogen-bond donors (Lipinski definition) is 1. The number of likely N-dealkylation sites (tertiary alicyclic amines) is 2. The van der Waals surface area contributed by atoms with E-state index in [-0.39, 0.29) is 90.8 Å². The van der Waals surface area contributed by atoms with Crippen molar-refractivity contribution in [3.8, 4) is 11.5 Å². The number of methoxy groups -OCH3 is 3. The minimum Gasteiger partial charge on any atom is -0.870 e. The second-order valence-electron chi connectivity index (χ2n) is 17.5. The molecule has 4 heterocycles. The predicted molar refractivity (Wildman–Crippen MR) is 275 cm³/mol. The zero-order valence-electron chi connectivity index (χ0n) is 41.7. The van der Waals surface area contributed by atoms with Gasteiger partial charge < -0.3 is 53.9 Å². The third-order valence-corrected chi connectivity index (χ3v) is 12.8. The molecule has 6 amide bonds. The molecule has 0 aliphatic carbocycles. The van der Waals surface area contributed by atoms with E-state index in [4.69, 9.17) is 23.7 Å². The summed E-state index contributed by atoms with van der Waals surface area (Å²) in [5, 5.41) is 9.78. The third kappa shape index (κ3) is 15.3. The number of ether oxygens (including phenoxy) is 5. The van der Waals surface area contributed by atoms with E-state index in [0.717, 1.165) is 39.1 Å². The van der Waals surface area contributed by atoms with Crippen molar-refractivity contribution in [3.63, 3.8) is 0 Å². The maximum absolute atomic E-state index is 13.6. The Balaban J connectivity index is 0.000000375. The fraction of sp³-hybridized carbons (Fsp3) is 0.382. The molecule has 20 heteroatoms. The van der Waals surface area contributed by atoms with E-state index in [2.05, 4.69) is 13.2 Å². The van der Waals surface area contributed by atoms with E-state index in [9.17, 15) is 33.9 Å². The summed E-state index contributed by atoms with van der Waals surface area (Å²) < 4.78 is 26.7. The van der Waals surface area contributed by atoms with Gasteiger partial charge in [-0.15, -0.1) is 13.2 Å². The molecule has 4 aromatic rings. The Bertz CT molecular complexity index is 2530. The van der Waals surface area contributed by atoms with E-state index in [1.54, 1.807) is 53.2 Å². The Hall–Kier alpha value is -7.46. The second kappa shape index (κ2) is 28.8. The van der Waals surface area contributed by atoms with Gasteiger partial charge in [-0.25, -0.2) is 28.8 Å². The quantitative estimate of drug-likeness (QED) is 0.0749. The van der Waals surface area contributed by atoms with Crippen LogP contribution in [-0.4, -0.2) is 148 Å². The van der Waals surface area contributed by atoms with Crippen LogP contribution in [0.2, 0.25) is 0 Å². The van der Waals surface area contributed by atoms with E-state index in [1.165, 1.54) is 21.8 Å². The molecule has 2 fully saturated rings. The van der Waals surface area contributed by atoms with E-state index in [1.807, 2.05) is 84.9 Å². The molecule has 4 aliphatic rings. The number of benzene rings is 4. The SMILES string of the molecule is C.C.C=CCN(Cc1ccc(OC)cc1)C(=O)N1CC(OC(=O)N2Cc3ccccc3C2)C[C@H]1C(=O)O.C=CCN(Cc1ccc(OC)cc1)C(=O)N1CC(OC(=O)N2Cc3ccccc3C2)C[C@H]1C(=O)OC.[Li+].[OH-]. The summed E-state index contributed by atoms with van der Waals surface area (Å²) >= 11 is 0. The van der Waals surface area contributed by atoms with Crippen molar-refractivity contribution in [2.24, 2.45) is 0 Å².